The van der Waals surface area contributed by atoms with Crippen molar-refractivity contribution in [3.63, 3.8) is 0 Å². The Hall–Kier alpha value is -3.42. The maximum atomic E-state index is 12.3. The number of aliphatic hydroxyl groups excluding tert-OH is 1. The molecule has 2 aromatic carbocycles. The van der Waals surface area contributed by atoms with E-state index in [4.69, 9.17) is 10.5 Å². The van der Waals surface area contributed by atoms with E-state index >= 15 is 0 Å². The summed E-state index contributed by atoms with van der Waals surface area (Å²) in [4.78, 5) is 16.6. The van der Waals surface area contributed by atoms with Crippen molar-refractivity contribution >= 4 is 38.8 Å². The lowest BCUT2D eigenvalue weighted by Gasteiger charge is -2.10. The Kier molecular flexibility index (Phi) is 5.92. The number of amides is 1. The van der Waals surface area contributed by atoms with Crippen LogP contribution in [0.1, 0.15) is 21.5 Å². The number of carbonyl (C=O) groups is 1. The Balaban J connectivity index is 1.49. The number of rotatable bonds is 7. The smallest absolute Gasteiger partial charge is 0.255 e. The minimum absolute atomic E-state index is 0.0614. The van der Waals surface area contributed by atoms with Crippen molar-refractivity contribution in [3.8, 4) is 5.75 Å². The van der Waals surface area contributed by atoms with Crippen LogP contribution in [-0.4, -0.2) is 22.6 Å². The highest BCUT2D eigenvalue weighted by atomic mass is 32.1. The molecule has 0 saturated carbocycles. The van der Waals surface area contributed by atoms with Crippen LogP contribution >= 0.6 is 11.3 Å². The van der Waals surface area contributed by atoms with Crippen molar-refractivity contribution in [3.05, 3.63) is 82.9 Å². The third kappa shape index (κ3) is 4.27. The van der Waals surface area contributed by atoms with Gasteiger partial charge >= 0.3 is 0 Å². The molecular formula is C23H21N3O3S. The number of carbonyl (C=O) groups excluding carboxylic acids is 1. The van der Waals surface area contributed by atoms with E-state index in [0.29, 0.717) is 35.8 Å². The highest BCUT2D eigenvalue weighted by molar-refractivity contribution is 7.17. The monoisotopic (exact) mass is 419 g/mol. The number of pyridine rings is 1. The second kappa shape index (κ2) is 8.94. The number of hydrogen-bond acceptors (Lipinski definition) is 6. The van der Waals surface area contributed by atoms with E-state index < -0.39 is 0 Å². The summed E-state index contributed by atoms with van der Waals surface area (Å²) in [7, 11) is 0. The van der Waals surface area contributed by atoms with Crippen LogP contribution in [-0.2, 0) is 13.0 Å². The minimum atomic E-state index is -0.174. The number of nitrogens with zero attached hydrogens (tertiary/aromatic N) is 1. The van der Waals surface area contributed by atoms with E-state index in [1.807, 2.05) is 41.8 Å². The fourth-order valence-electron chi connectivity index (χ4n) is 3.20. The Labute approximate surface area is 178 Å². The molecule has 4 rings (SSSR count). The van der Waals surface area contributed by atoms with Gasteiger partial charge in [0.05, 0.1) is 0 Å². The van der Waals surface area contributed by atoms with Crippen LogP contribution in [0.25, 0.3) is 10.1 Å². The van der Waals surface area contributed by atoms with Gasteiger partial charge in [-0.25, -0.2) is 4.98 Å². The molecule has 0 spiro atoms. The van der Waals surface area contributed by atoms with Crippen LogP contribution in [0.3, 0.4) is 0 Å². The van der Waals surface area contributed by atoms with Crippen molar-refractivity contribution in [2.24, 2.45) is 0 Å². The van der Waals surface area contributed by atoms with Crippen molar-refractivity contribution in [2.45, 2.75) is 13.0 Å². The number of hydrogen-bond donors (Lipinski definition) is 3. The SMILES string of the molecule is Nc1ncc(CCO)c2scc(COc3cccc(NC(=O)c4ccccc4)c3)c12. The van der Waals surface area contributed by atoms with Gasteiger partial charge in [0.15, 0.2) is 0 Å². The van der Waals surface area contributed by atoms with Crippen molar-refractivity contribution in [2.75, 3.05) is 17.7 Å². The van der Waals surface area contributed by atoms with Gasteiger partial charge in [-0.05, 0) is 41.6 Å². The summed E-state index contributed by atoms with van der Waals surface area (Å²) >= 11 is 1.57. The molecule has 6 nitrogen and oxygen atoms in total. The number of benzene rings is 2. The molecule has 2 aromatic heterocycles. The summed E-state index contributed by atoms with van der Waals surface area (Å²) in [6.45, 7) is 0.385. The van der Waals surface area contributed by atoms with Crippen LogP contribution < -0.4 is 15.8 Å². The molecule has 0 bridgehead atoms. The molecule has 0 unspecified atom stereocenters. The molecule has 152 valence electrons. The Morgan fingerprint density at radius 3 is 2.77 bits per heavy atom. The topological polar surface area (TPSA) is 97.5 Å². The summed E-state index contributed by atoms with van der Waals surface area (Å²) in [6, 6.07) is 16.3. The molecule has 0 aliphatic rings. The fourth-order valence-corrected chi connectivity index (χ4v) is 4.31. The molecule has 0 aliphatic heterocycles. The van der Waals surface area contributed by atoms with Crippen LogP contribution in [0, 0.1) is 0 Å². The number of nitrogen functional groups attached to an aromatic ring is 1. The van der Waals surface area contributed by atoms with Crippen molar-refractivity contribution in [1.82, 2.24) is 4.98 Å². The molecule has 0 fully saturated rings. The number of fused-ring (bicyclic) bond motifs is 1. The zero-order valence-corrected chi connectivity index (χ0v) is 17.0. The number of aliphatic hydroxyl groups is 1. The summed E-state index contributed by atoms with van der Waals surface area (Å²) in [5.74, 6) is 0.917. The molecule has 0 aliphatic carbocycles. The van der Waals surface area contributed by atoms with Gasteiger partial charge in [0.1, 0.15) is 18.2 Å². The van der Waals surface area contributed by atoms with E-state index in [1.54, 1.807) is 35.7 Å². The maximum absolute atomic E-state index is 12.3. The quantitative estimate of drug-likeness (QED) is 0.416. The van der Waals surface area contributed by atoms with Gasteiger partial charge < -0.3 is 20.9 Å². The second-order valence-corrected chi connectivity index (χ2v) is 7.62. The van der Waals surface area contributed by atoms with Gasteiger partial charge in [-0.1, -0.05) is 24.3 Å². The molecule has 4 aromatic rings. The average Bonchev–Trinajstić information content (AvgIpc) is 3.20. The van der Waals surface area contributed by atoms with E-state index in [2.05, 4.69) is 10.3 Å². The number of anilines is 2. The highest BCUT2D eigenvalue weighted by Gasteiger charge is 2.13. The Morgan fingerprint density at radius 1 is 1.13 bits per heavy atom. The molecule has 0 atom stereocenters. The first kappa shape index (κ1) is 19.9. The summed E-state index contributed by atoms with van der Waals surface area (Å²) in [5, 5.41) is 15.0. The van der Waals surface area contributed by atoms with Crippen molar-refractivity contribution in [1.29, 1.82) is 0 Å². The second-order valence-electron chi connectivity index (χ2n) is 6.74. The first-order valence-electron chi connectivity index (χ1n) is 9.49. The van der Waals surface area contributed by atoms with Gasteiger partial charge in [-0.3, -0.25) is 4.79 Å². The highest BCUT2D eigenvalue weighted by Crippen LogP contribution is 2.33. The average molecular weight is 420 g/mol. The van der Waals surface area contributed by atoms with Crippen molar-refractivity contribution < 1.29 is 14.6 Å². The molecule has 0 radical (unpaired) electrons. The standard InChI is InChI=1S/C23H21N3O3S/c24-22-20-17(14-30-21(20)16(9-10-27)12-25-22)13-29-19-8-4-7-18(11-19)26-23(28)15-5-2-1-3-6-15/h1-8,11-12,14,27H,9-10,13H2,(H2,24,25)(H,26,28). The zero-order chi connectivity index (χ0) is 20.9. The van der Waals surface area contributed by atoms with Gasteiger partial charge in [0, 0.05) is 45.8 Å². The zero-order valence-electron chi connectivity index (χ0n) is 16.2. The number of aromatic nitrogens is 1. The van der Waals surface area contributed by atoms with Gasteiger partial charge in [-0.2, -0.15) is 0 Å². The number of ether oxygens (including phenoxy) is 1. The lowest BCUT2D eigenvalue weighted by atomic mass is 10.1. The fraction of sp³-hybridized carbons (Fsp3) is 0.130. The van der Waals surface area contributed by atoms with E-state index in [1.165, 1.54) is 0 Å². The third-order valence-electron chi connectivity index (χ3n) is 4.68. The predicted molar refractivity (Wildman–Crippen MR) is 120 cm³/mol. The van der Waals surface area contributed by atoms with Crippen LogP contribution in [0.15, 0.2) is 66.2 Å². The Bertz CT molecular complexity index is 1180. The van der Waals surface area contributed by atoms with E-state index in [-0.39, 0.29) is 12.5 Å². The van der Waals surface area contributed by atoms with Crippen LogP contribution in [0.2, 0.25) is 0 Å². The Morgan fingerprint density at radius 2 is 1.97 bits per heavy atom. The predicted octanol–water partition coefficient (Wildman–Crippen LogP) is 4.24. The first-order valence-corrected chi connectivity index (χ1v) is 10.4. The third-order valence-corrected chi connectivity index (χ3v) is 5.78. The summed E-state index contributed by atoms with van der Waals surface area (Å²) < 4.78 is 6.99. The van der Waals surface area contributed by atoms with Crippen LogP contribution in [0.5, 0.6) is 5.75 Å². The normalized spacial score (nSPS) is 10.8. The first-order chi connectivity index (χ1) is 14.7. The molecule has 0 saturated heterocycles. The van der Waals surface area contributed by atoms with Gasteiger partial charge in [-0.15, -0.1) is 11.3 Å². The molecule has 30 heavy (non-hydrogen) atoms. The maximum Gasteiger partial charge on any atom is 0.255 e. The van der Waals surface area contributed by atoms with Gasteiger partial charge in [0.2, 0.25) is 0 Å². The lowest BCUT2D eigenvalue weighted by molar-refractivity contribution is 0.102. The summed E-state index contributed by atoms with van der Waals surface area (Å²) in [5.41, 5.74) is 9.27. The number of nitrogens with two attached hydrogens (primary N) is 1. The summed E-state index contributed by atoms with van der Waals surface area (Å²) in [6.07, 6.45) is 2.25. The minimum Gasteiger partial charge on any atom is -0.489 e. The van der Waals surface area contributed by atoms with Crippen LogP contribution in [0.4, 0.5) is 11.5 Å². The molecule has 7 heteroatoms. The molecule has 4 N–H and O–H groups in total. The molecule has 2 heterocycles. The van der Waals surface area contributed by atoms with E-state index in [9.17, 15) is 9.90 Å². The number of nitrogens with one attached hydrogen (secondary N) is 1. The number of thiophene rings is 1. The molecular weight excluding hydrogens is 398 g/mol. The lowest BCUT2D eigenvalue weighted by Crippen LogP contribution is -2.11. The largest absolute Gasteiger partial charge is 0.489 e. The van der Waals surface area contributed by atoms with Gasteiger partial charge in [0.25, 0.3) is 5.91 Å². The molecule has 1 amide bonds. The van der Waals surface area contributed by atoms with E-state index in [0.717, 1.165) is 21.2 Å².